The van der Waals surface area contributed by atoms with Crippen LogP contribution in [0.25, 0.3) is 0 Å². The Kier molecular flexibility index (Phi) is 18.2. The van der Waals surface area contributed by atoms with Gasteiger partial charge >= 0.3 is 0 Å². The number of benzene rings is 1. The molecular weight excluding hydrogens is 648 g/mol. The van der Waals surface area contributed by atoms with Crippen LogP contribution >= 0.6 is 0 Å². The molecule has 290 valence electrons. The van der Waals surface area contributed by atoms with Crippen molar-refractivity contribution in [3.8, 4) is 0 Å². The van der Waals surface area contributed by atoms with Crippen molar-refractivity contribution in [3.05, 3.63) is 35.9 Å². The smallest absolute Gasteiger partial charge is 0.226 e. The van der Waals surface area contributed by atoms with Crippen molar-refractivity contribution in [2.45, 2.75) is 130 Å². The van der Waals surface area contributed by atoms with Crippen molar-refractivity contribution in [1.82, 2.24) is 20.4 Å². The van der Waals surface area contributed by atoms with Gasteiger partial charge in [-0.3, -0.25) is 19.2 Å². The van der Waals surface area contributed by atoms with Gasteiger partial charge in [0.1, 0.15) is 0 Å². The van der Waals surface area contributed by atoms with Crippen LogP contribution in [-0.2, 0) is 28.7 Å². The lowest BCUT2D eigenvalue weighted by molar-refractivity contribution is -0.149. The maximum atomic E-state index is 14.2. The van der Waals surface area contributed by atoms with Crippen molar-refractivity contribution >= 4 is 23.5 Å². The maximum absolute atomic E-state index is 14.2. The first-order valence-corrected chi connectivity index (χ1v) is 18.9. The minimum atomic E-state index is -0.871. The van der Waals surface area contributed by atoms with Crippen LogP contribution in [-0.4, -0.2) is 110 Å². The quantitative estimate of drug-likeness (QED) is 0.168. The normalized spacial score (nSPS) is 20.2. The number of ether oxygens (including phenoxy) is 2. The molecule has 0 radical (unpaired) electrons. The number of hydrogen-bond donors (Lipinski definition) is 3. The predicted octanol–water partition coefficient (Wildman–Crippen LogP) is 4.62. The van der Waals surface area contributed by atoms with Crippen molar-refractivity contribution in [2.75, 3.05) is 34.9 Å². The van der Waals surface area contributed by atoms with E-state index in [1.165, 1.54) is 0 Å². The fourth-order valence-electron chi connectivity index (χ4n) is 7.76. The van der Waals surface area contributed by atoms with E-state index < -0.39 is 42.2 Å². The van der Waals surface area contributed by atoms with Gasteiger partial charge in [0.15, 0.2) is 5.78 Å². The number of amides is 3. The van der Waals surface area contributed by atoms with Gasteiger partial charge in [-0.1, -0.05) is 85.2 Å². The number of Topliss-reactive ketones (excluding diaryl/α,β-unsaturated/α-hetero) is 1. The van der Waals surface area contributed by atoms with Gasteiger partial charge in [-0.05, 0) is 50.1 Å². The van der Waals surface area contributed by atoms with E-state index in [4.69, 9.17) is 9.47 Å². The highest BCUT2D eigenvalue weighted by molar-refractivity contribution is 5.90. The van der Waals surface area contributed by atoms with Gasteiger partial charge in [0, 0.05) is 40.2 Å². The molecule has 1 heterocycles. The fraction of sp³-hybridized carbons (Fsp3) is 0.750. The van der Waals surface area contributed by atoms with E-state index in [1.54, 1.807) is 52.0 Å². The van der Waals surface area contributed by atoms with Gasteiger partial charge < -0.3 is 35.0 Å². The lowest BCUT2D eigenvalue weighted by Gasteiger charge is -2.41. The molecule has 3 amide bonds. The highest BCUT2D eigenvalue weighted by Crippen LogP contribution is 2.31. The molecule has 3 N–H and O–H groups in total. The summed E-state index contributed by atoms with van der Waals surface area (Å²) < 4.78 is 11.9. The highest BCUT2D eigenvalue weighted by Gasteiger charge is 2.43. The second kappa shape index (κ2) is 21.0. The number of likely N-dealkylation sites (N-methyl/N-ethyl adjacent to an activating group) is 2. The Bertz CT molecular complexity index is 1240. The van der Waals surface area contributed by atoms with Gasteiger partial charge in [0.25, 0.3) is 0 Å². The van der Waals surface area contributed by atoms with E-state index in [0.29, 0.717) is 18.5 Å². The van der Waals surface area contributed by atoms with Crippen molar-refractivity contribution in [2.24, 2.45) is 29.6 Å². The van der Waals surface area contributed by atoms with E-state index in [1.807, 2.05) is 58.0 Å². The third kappa shape index (κ3) is 11.6. The van der Waals surface area contributed by atoms with Crippen LogP contribution in [0.3, 0.4) is 0 Å². The van der Waals surface area contributed by atoms with Gasteiger partial charge in [0.05, 0.1) is 54.8 Å². The Hall–Kier alpha value is -2.86. The molecule has 1 aromatic carbocycles. The third-order valence-electron chi connectivity index (χ3n) is 11.1. The van der Waals surface area contributed by atoms with E-state index in [9.17, 15) is 24.3 Å². The van der Waals surface area contributed by atoms with E-state index in [-0.39, 0.29) is 66.2 Å². The van der Waals surface area contributed by atoms with Crippen molar-refractivity contribution in [3.63, 3.8) is 0 Å². The molecule has 0 aliphatic carbocycles. The molecule has 2 rings (SSSR count). The molecule has 1 aliphatic heterocycles. The summed E-state index contributed by atoms with van der Waals surface area (Å²) in [6.45, 7) is 16.1. The number of carbonyl (C=O) groups is 4. The predicted molar refractivity (Wildman–Crippen MR) is 201 cm³/mol. The topological polar surface area (TPSA) is 138 Å². The van der Waals surface area contributed by atoms with Crippen LogP contribution in [0.2, 0.25) is 0 Å². The van der Waals surface area contributed by atoms with Crippen LogP contribution in [0.1, 0.15) is 99.2 Å². The molecular formula is C40H68N4O7. The molecule has 11 heteroatoms. The second-order valence-electron chi connectivity index (χ2n) is 15.3. The number of carbonyl (C=O) groups excluding carboxylic acids is 4. The van der Waals surface area contributed by atoms with Gasteiger partial charge in [0.2, 0.25) is 17.7 Å². The first kappa shape index (κ1) is 44.3. The monoisotopic (exact) mass is 717 g/mol. The van der Waals surface area contributed by atoms with Gasteiger partial charge in [-0.15, -0.1) is 0 Å². The highest BCUT2D eigenvalue weighted by atomic mass is 16.5. The summed E-state index contributed by atoms with van der Waals surface area (Å²) in [6.07, 6.45) is 0.381. The zero-order valence-electron chi connectivity index (χ0n) is 33.3. The summed E-state index contributed by atoms with van der Waals surface area (Å²) in [5, 5.41) is 16.9. The Labute approximate surface area is 307 Å². The van der Waals surface area contributed by atoms with Crippen LogP contribution in [0.4, 0.5) is 0 Å². The second-order valence-corrected chi connectivity index (χ2v) is 15.3. The van der Waals surface area contributed by atoms with E-state index >= 15 is 0 Å². The Morgan fingerprint density at radius 1 is 0.961 bits per heavy atom. The van der Waals surface area contributed by atoms with Gasteiger partial charge in [-0.2, -0.15) is 0 Å². The number of methoxy groups -OCH3 is 2. The van der Waals surface area contributed by atoms with E-state index in [2.05, 4.69) is 24.5 Å². The first-order valence-electron chi connectivity index (χ1n) is 18.9. The number of rotatable bonds is 21. The first-order chi connectivity index (χ1) is 24.0. The lowest BCUT2D eigenvalue weighted by Crippen LogP contribution is -2.54. The number of nitrogens with zero attached hydrogens (tertiary/aromatic N) is 2. The molecule has 0 aromatic heterocycles. The average molecular weight is 717 g/mol. The SMILES string of the molecule is CC[C@H](C)[C@@H]([C@@H](CC(=O)N1CCC[C@H]1[C@H](OC)[C@@H](C)C(=O)N[C@H](C)[C@@H](O)c1ccccc1)OC)N(C)C(=O)C(CC(=O)[C@@H](NC)C(C)C)C(C)C. The molecule has 1 aromatic rings. The van der Waals surface area contributed by atoms with Crippen LogP contribution in [0.5, 0.6) is 0 Å². The van der Waals surface area contributed by atoms with Gasteiger partial charge in [-0.25, -0.2) is 0 Å². The number of nitrogens with one attached hydrogen (secondary N) is 2. The maximum Gasteiger partial charge on any atom is 0.226 e. The standard InChI is InChI=1S/C40H68N4O7/c1-13-26(6)36(43(10)40(49)30(24(2)3)22-32(45)35(41-9)25(4)5)33(50-11)23-34(46)44-21-17-20-31(44)38(51-12)27(7)39(48)42-28(8)37(47)29-18-15-14-16-19-29/h14-16,18-19,24-28,30-31,33,35-38,41,47H,13,17,20-23H2,1-12H3,(H,42,48)/t26-,27+,28+,30?,31-,33+,35-,36-,37+,38+/m0/s1. The Balaban J connectivity index is 2.24. The van der Waals surface area contributed by atoms with Crippen molar-refractivity contribution < 1.29 is 33.8 Å². The zero-order chi connectivity index (χ0) is 38.6. The minimum Gasteiger partial charge on any atom is -0.386 e. The number of aliphatic hydroxyl groups is 1. The van der Waals surface area contributed by atoms with E-state index in [0.717, 1.165) is 12.8 Å². The molecule has 0 spiro atoms. The summed E-state index contributed by atoms with van der Waals surface area (Å²) in [7, 11) is 6.68. The molecule has 51 heavy (non-hydrogen) atoms. The number of likely N-dealkylation sites (tertiary alicyclic amines) is 1. The lowest BCUT2D eigenvalue weighted by atomic mass is 9.84. The third-order valence-corrected chi connectivity index (χ3v) is 11.1. The van der Waals surface area contributed by atoms with Crippen molar-refractivity contribution in [1.29, 1.82) is 0 Å². The number of aliphatic hydroxyl groups excluding tert-OH is 1. The molecule has 1 saturated heterocycles. The molecule has 0 bridgehead atoms. The minimum absolute atomic E-state index is 0.0129. The summed E-state index contributed by atoms with van der Waals surface area (Å²) in [5.74, 6) is -1.54. The molecule has 1 aliphatic rings. The molecule has 10 atom stereocenters. The fourth-order valence-corrected chi connectivity index (χ4v) is 7.76. The summed E-state index contributed by atoms with van der Waals surface area (Å²) >= 11 is 0. The summed E-state index contributed by atoms with van der Waals surface area (Å²) in [6, 6.07) is 7.61. The number of hydrogen-bond acceptors (Lipinski definition) is 8. The van der Waals surface area contributed by atoms with Crippen LogP contribution in [0, 0.1) is 29.6 Å². The zero-order valence-corrected chi connectivity index (χ0v) is 33.3. The average Bonchev–Trinajstić information content (AvgIpc) is 3.59. The molecule has 1 fully saturated rings. The molecule has 1 unspecified atom stereocenters. The largest absolute Gasteiger partial charge is 0.386 e. The van der Waals surface area contributed by atoms with Crippen LogP contribution < -0.4 is 10.6 Å². The molecule has 0 saturated carbocycles. The Morgan fingerprint density at radius 2 is 1.59 bits per heavy atom. The Morgan fingerprint density at radius 3 is 2.10 bits per heavy atom. The summed E-state index contributed by atoms with van der Waals surface area (Å²) in [5.41, 5.74) is 0.714. The summed E-state index contributed by atoms with van der Waals surface area (Å²) in [4.78, 5) is 58.6. The van der Waals surface area contributed by atoms with Crippen LogP contribution in [0.15, 0.2) is 30.3 Å². The molecule has 11 nitrogen and oxygen atoms in total. The number of ketones is 1.